The first kappa shape index (κ1) is 13.0. The van der Waals surface area contributed by atoms with Gasteiger partial charge in [-0.2, -0.15) is 0 Å². The van der Waals surface area contributed by atoms with E-state index in [1.165, 1.54) is 12.1 Å². The molecule has 0 spiro atoms. The highest BCUT2D eigenvalue weighted by Gasteiger charge is 2.10. The van der Waals surface area contributed by atoms with E-state index >= 15 is 0 Å². The lowest BCUT2D eigenvalue weighted by atomic mass is 10.1. The molecule has 3 heteroatoms. The molecule has 0 unspecified atom stereocenters. The van der Waals surface area contributed by atoms with Crippen LogP contribution in [-0.2, 0) is 0 Å². The number of hydrogen-bond acceptors (Lipinski definition) is 3. The molecule has 1 aromatic carbocycles. The summed E-state index contributed by atoms with van der Waals surface area (Å²) in [5, 5.41) is 9.69. The predicted octanol–water partition coefficient (Wildman–Crippen LogP) is 2.86. The van der Waals surface area contributed by atoms with E-state index in [4.69, 9.17) is 4.74 Å². The third-order valence-corrected chi connectivity index (χ3v) is 2.63. The Labute approximate surface area is 112 Å². The van der Waals surface area contributed by atoms with E-state index < -0.39 is 5.78 Å². The fraction of sp³-hybridized carbons (Fsp3) is 0.188. The Morgan fingerprint density at radius 2 is 2.32 bits per heavy atom. The average Bonchev–Trinajstić information content (AvgIpc) is 2.92. The molecule has 1 N–H and O–H groups in total. The normalized spacial score (nSPS) is 12.6. The van der Waals surface area contributed by atoms with Gasteiger partial charge in [-0.25, -0.2) is 0 Å². The maximum absolute atomic E-state index is 11.9. The molecule has 0 radical (unpaired) electrons. The van der Waals surface area contributed by atoms with Crippen molar-refractivity contribution in [1.82, 2.24) is 0 Å². The number of allylic oxidation sites excluding steroid dienone is 4. The smallest absolute Gasteiger partial charge is 0.240 e. The zero-order valence-corrected chi connectivity index (χ0v) is 10.6. The molecule has 1 aliphatic rings. The summed E-state index contributed by atoms with van der Waals surface area (Å²) in [6.45, 7) is 2.36. The molecule has 0 fully saturated rings. The molecule has 0 saturated carbocycles. The molecule has 0 bridgehead atoms. The van der Waals surface area contributed by atoms with Gasteiger partial charge < -0.3 is 9.84 Å². The molecular weight excluding hydrogens is 240 g/mol. The van der Waals surface area contributed by atoms with Crippen LogP contribution in [0.25, 0.3) is 0 Å². The summed E-state index contributed by atoms with van der Waals surface area (Å²) in [7, 11) is 0. The number of hydrogen-bond donors (Lipinski definition) is 1. The first-order chi connectivity index (χ1) is 9.20. The molecule has 0 saturated heterocycles. The Hall–Kier alpha value is -2.47. The second kappa shape index (κ2) is 5.92. The number of carbonyl (C=O) groups is 1. The van der Waals surface area contributed by atoms with Gasteiger partial charge in [-0.15, -0.1) is 0 Å². The topological polar surface area (TPSA) is 46.5 Å². The Morgan fingerprint density at radius 3 is 3.00 bits per heavy atom. The molecule has 1 aromatic rings. The second-order valence-electron chi connectivity index (χ2n) is 4.02. The lowest BCUT2D eigenvalue weighted by Gasteiger charge is -2.05. The molecule has 0 heterocycles. The summed E-state index contributed by atoms with van der Waals surface area (Å²) in [5.41, 5.74) is 1.07. The van der Waals surface area contributed by atoms with Crippen LogP contribution in [0.3, 0.4) is 0 Å². The molecule has 3 nitrogen and oxygen atoms in total. The Bertz CT molecular complexity index is 613. The van der Waals surface area contributed by atoms with Gasteiger partial charge in [0.15, 0.2) is 0 Å². The highest BCUT2D eigenvalue weighted by molar-refractivity contribution is 6.11. The largest absolute Gasteiger partial charge is 0.507 e. The molecule has 0 amide bonds. The molecule has 19 heavy (non-hydrogen) atoms. The zero-order valence-electron chi connectivity index (χ0n) is 10.6. The summed E-state index contributed by atoms with van der Waals surface area (Å²) in [5.74, 6) is 5.40. The van der Waals surface area contributed by atoms with Gasteiger partial charge in [-0.3, -0.25) is 4.79 Å². The monoisotopic (exact) mass is 254 g/mol. The van der Waals surface area contributed by atoms with Crippen LogP contribution in [0.5, 0.6) is 11.5 Å². The molecule has 1 aliphatic carbocycles. The summed E-state index contributed by atoms with van der Waals surface area (Å²) in [4.78, 5) is 11.9. The van der Waals surface area contributed by atoms with Gasteiger partial charge in [-0.1, -0.05) is 24.1 Å². The SMILES string of the molecule is CCOc1ccc(O)c(C(=O)C#CC2=CC=CC2)c1. The van der Waals surface area contributed by atoms with E-state index in [9.17, 15) is 9.90 Å². The van der Waals surface area contributed by atoms with E-state index in [1.54, 1.807) is 6.07 Å². The van der Waals surface area contributed by atoms with Crippen molar-refractivity contribution in [2.75, 3.05) is 6.61 Å². The number of phenols is 1. The van der Waals surface area contributed by atoms with Crippen LogP contribution >= 0.6 is 0 Å². The van der Waals surface area contributed by atoms with Gasteiger partial charge >= 0.3 is 0 Å². The summed E-state index contributed by atoms with van der Waals surface area (Å²) < 4.78 is 5.30. The fourth-order valence-corrected chi connectivity index (χ4v) is 1.70. The van der Waals surface area contributed by atoms with Gasteiger partial charge in [0.05, 0.1) is 12.2 Å². The number of ketones is 1. The Morgan fingerprint density at radius 1 is 1.47 bits per heavy atom. The van der Waals surface area contributed by atoms with Gasteiger partial charge in [-0.05, 0) is 37.5 Å². The van der Waals surface area contributed by atoms with Crippen LogP contribution in [0.2, 0.25) is 0 Å². The number of ether oxygens (including phenoxy) is 1. The highest BCUT2D eigenvalue weighted by Crippen LogP contribution is 2.23. The van der Waals surface area contributed by atoms with Crippen molar-refractivity contribution in [2.24, 2.45) is 0 Å². The van der Waals surface area contributed by atoms with Crippen molar-refractivity contribution in [3.63, 3.8) is 0 Å². The molecule has 2 rings (SSSR count). The van der Waals surface area contributed by atoms with Crippen molar-refractivity contribution < 1.29 is 14.6 Å². The number of rotatable bonds is 3. The molecule has 96 valence electrons. The lowest BCUT2D eigenvalue weighted by molar-refractivity contribution is 0.105. The first-order valence-corrected chi connectivity index (χ1v) is 6.08. The summed E-state index contributed by atoms with van der Waals surface area (Å²) in [6, 6.07) is 4.57. The Kier molecular flexibility index (Phi) is 4.04. The Balaban J connectivity index is 2.20. The highest BCUT2D eigenvalue weighted by atomic mass is 16.5. The minimum atomic E-state index is -0.410. The van der Waals surface area contributed by atoms with Crippen LogP contribution in [-0.4, -0.2) is 17.5 Å². The number of aromatic hydroxyl groups is 1. The van der Waals surface area contributed by atoms with Crippen LogP contribution in [0.15, 0.2) is 42.0 Å². The standard InChI is InChI=1S/C16H14O3/c1-2-19-13-8-10-16(18)14(11-13)15(17)9-7-12-5-3-4-6-12/h3-5,8,10-11,18H,2,6H2,1H3. The minimum Gasteiger partial charge on any atom is -0.507 e. The van der Waals surface area contributed by atoms with Gasteiger partial charge in [0.2, 0.25) is 5.78 Å². The van der Waals surface area contributed by atoms with Crippen LogP contribution in [0.4, 0.5) is 0 Å². The van der Waals surface area contributed by atoms with Crippen LogP contribution < -0.4 is 4.74 Å². The average molecular weight is 254 g/mol. The molecule has 0 aromatic heterocycles. The summed E-state index contributed by atoms with van der Waals surface area (Å²) >= 11 is 0. The molecule has 0 aliphatic heterocycles. The van der Waals surface area contributed by atoms with E-state index in [2.05, 4.69) is 11.8 Å². The van der Waals surface area contributed by atoms with E-state index in [1.807, 2.05) is 25.2 Å². The maximum Gasteiger partial charge on any atom is 0.240 e. The van der Waals surface area contributed by atoms with Crippen molar-refractivity contribution in [1.29, 1.82) is 0 Å². The quantitative estimate of drug-likeness (QED) is 0.512. The van der Waals surface area contributed by atoms with E-state index in [-0.39, 0.29) is 11.3 Å². The van der Waals surface area contributed by atoms with Gasteiger partial charge in [0, 0.05) is 5.57 Å². The number of carbonyl (C=O) groups excluding carboxylic acids is 1. The number of benzene rings is 1. The van der Waals surface area contributed by atoms with Crippen LogP contribution in [0, 0.1) is 11.8 Å². The second-order valence-corrected chi connectivity index (χ2v) is 4.02. The van der Waals surface area contributed by atoms with Crippen molar-refractivity contribution in [2.45, 2.75) is 13.3 Å². The van der Waals surface area contributed by atoms with Crippen LogP contribution in [0.1, 0.15) is 23.7 Å². The van der Waals surface area contributed by atoms with Crippen molar-refractivity contribution in [3.8, 4) is 23.3 Å². The molecular formula is C16H14O3. The van der Waals surface area contributed by atoms with Gasteiger partial charge in [0.25, 0.3) is 0 Å². The van der Waals surface area contributed by atoms with E-state index in [0.717, 1.165) is 12.0 Å². The van der Waals surface area contributed by atoms with E-state index in [0.29, 0.717) is 12.4 Å². The summed E-state index contributed by atoms with van der Waals surface area (Å²) in [6.07, 6.45) is 6.51. The molecule has 0 atom stereocenters. The number of Topliss-reactive ketones (excluding diaryl/α,β-unsaturated/α-hetero) is 1. The lowest BCUT2D eigenvalue weighted by Crippen LogP contribution is -1.98. The maximum atomic E-state index is 11.9. The number of phenolic OH excluding ortho intramolecular Hbond substituents is 1. The van der Waals surface area contributed by atoms with Crippen molar-refractivity contribution in [3.05, 3.63) is 47.6 Å². The predicted molar refractivity (Wildman–Crippen MR) is 73.2 cm³/mol. The fourth-order valence-electron chi connectivity index (χ4n) is 1.70. The van der Waals surface area contributed by atoms with Gasteiger partial charge in [0.1, 0.15) is 11.5 Å². The van der Waals surface area contributed by atoms with Crippen molar-refractivity contribution >= 4 is 5.78 Å². The first-order valence-electron chi connectivity index (χ1n) is 6.08. The third kappa shape index (κ3) is 3.26. The zero-order chi connectivity index (χ0) is 13.7. The third-order valence-electron chi connectivity index (χ3n) is 2.63. The minimum absolute atomic E-state index is 0.0821.